The summed E-state index contributed by atoms with van der Waals surface area (Å²) in [7, 11) is -1.11. The lowest BCUT2D eigenvalue weighted by Crippen LogP contribution is -2.37. The number of sulfonamides is 1. The van der Waals surface area contributed by atoms with Crippen molar-refractivity contribution in [3.05, 3.63) is 83.4 Å². The summed E-state index contributed by atoms with van der Waals surface area (Å²) in [4.78, 5) is 12.8. The fraction of sp³-hybridized carbons (Fsp3) is 0.174. The third-order valence-electron chi connectivity index (χ3n) is 4.66. The zero-order valence-electron chi connectivity index (χ0n) is 17.6. The Kier molecular flexibility index (Phi) is 7.74. The summed E-state index contributed by atoms with van der Waals surface area (Å²) in [5.41, 5.74) is 1.19. The number of carbonyl (C=O) groups is 1. The monoisotopic (exact) mass is 474 g/mol. The van der Waals surface area contributed by atoms with Crippen LogP contribution in [0.25, 0.3) is 0 Å². The maximum atomic E-state index is 13.4. The molecule has 0 heterocycles. The molecular weight excluding hydrogens is 452 g/mol. The highest BCUT2D eigenvalue weighted by Gasteiger charge is 2.28. The van der Waals surface area contributed by atoms with Gasteiger partial charge in [-0.05, 0) is 35.9 Å². The normalized spacial score (nSPS) is 11.2. The lowest BCUT2D eigenvalue weighted by molar-refractivity contribution is -0.116. The van der Waals surface area contributed by atoms with Crippen LogP contribution in [0.5, 0.6) is 11.5 Å². The molecule has 168 valence electrons. The number of amides is 1. The molecule has 0 aromatic heterocycles. The summed E-state index contributed by atoms with van der Waals surface area (Å²) >= 11 is 6.15. The van der Waals surface area contributed by atoms with Crippen LogP contribution in [0.15, 0.2) is 77.7 Å². The van der Waals surface area contributed by atoms with E-state index in [1.807, 2.05) is 6.07 Å². The van der Waals surface area contributed by atoms with Crippen molar-refractivity contribution in [3.63, 3.8) is 0 Å². The Morgan fingerprint density at radius 1 is 0.938 bits per heavy atom. The number of anilines is 1. The number of hydrogen-bond donors (Lipinski definition) is 1. The molecule has 32 heavy (non-hydrogen) atoms. The van der Waals surface area contributed by atoms with Crippen LogP contribution in [-0.4, -0.2) is 39.4 Å². The van der Waals surface area contributed by atoms with Gasteiger partial charge in [-0.2, -0.15) is 4.31 Å². The molecular formula is C23H23ClN2O5S. The van der Waals surface area contributed by atoms with Gasteiger partial charge in [0.1, 0.15) is 11.5 Å². The fourth-order valence-corrected chi connectivity index (χ4v) is 4.80. The second kappa shape index (κ2) is 10.5. The highest BCUT2D eigenvalue weighted by molar-refractivity contribution is 7.89. The molecule has 0 aliphatic rings. The van der Waals surface area contributed by atoms with Crippen LogP contribution >= 0.6 is 11.6 Å². The first-order valence-electron chi connectivity index (χ1n) is 9.65. The van der Waals surface area contributed by atoms with Crippen molar-refractivity contribution in [3.8, 4) is 11.5 Å². The number of carbonyl (C=O) groups excluding carboxylic acids is 1. The van der Waals surface area contributed by atoms with E-state index in [1.165, 1.54) is 32.4 Å². The number of ether oxygens (including phenoxy) is 2. The fourth-order valence-electron chi connectivity index (χ4n) is 3.07. The minimum atomic E-state index is -4.05. The molecule has 0 atom stereocenters. The largest absolute Gasteiger partial charge is 0.495 e. The van der Waals surface area contributed by atoms with Crippen molar-refractivity contribution in [2.24, 2.45) is 0 Å². The maximum absolute atomic E-state index is 13.4. The quantitative estimate of drug-likeness (QED) is 0.502. The van der Waals surface area contributed by atoms with E-state index in [0.29, 0.717) is 17.2 Å². The molecule has 1 amide bonds. The van der Waals surface area contributed by atoms with Crippen molar-refractivity contribution in [1.82, 2.24) is 4.31 Å². The number of hydrogen-bond acceptors (Lipinski definition) is 5. The van der Waals surface area contributed by atoms with Gasteiger partial charge in [-0.25, -0.2) is 8.42 Å². The number of benzene rings is 3. The van der Waals surface area contributed by atoms with Crippen molar-refractivity contribution in [2.75, 3.05) is 26.1 Å². The Bertz CT molecular complexity index is 1190. The molecule has 9 heteroatoms. The minimum Gasteiger partial charge on any atom is -0.495 e. The summed E-state index contributed by atoms with van der Waals surface area (Å²) in [6.45, 7) is -0.398. The number of halogens is 1. The minimum absolute atomic E-state index is 0.00612. The van der Waals surface area contributed by atoms with Gasteiger partial charge in [0.25, 0.3) is 0 Å². The third-order valence-corrected chi connectivity index (χ3v) is 6.75. The second-order valence-corrected chi connectivity index (χ2v) is 9.15. The average Bonchev–Trinajstić information content (AvgIpc) is 2.79. The summed E-state index contributed by atoms with van der Waals surface area (Å²) in [6, 6.07) is 20.1. The van der Waals surface area contributed by atoms with Crippen molar-refractivity contribution >= 4 is 33.2 Å². The predicted octanol–water partition coefficient (Wildman–Crippen LogP) is 4.19. The van der Waals surface area contributed by atoms with Gasteiger partial charge in [0.15, 0.2) is 0 Å². The average molecular weight is 475 g/mol. The van der Waals surface area contributed by atoms with Crippen LogP contribution in [0.2, 0.25) is 5.02 Å². The zero-order valence-corrected chi connectivity index (χ0v) is 19.2. The molecule has 0 spiro atoms. The van der Waals surface area contributed by atoms with Gasteiger partial charge < -0.3 is 14.8 Å². The Morgan fingerprint density at radius 3 is 2.25 bits per heavy atom. The standard InChI is InChI=1S/C23H23ClN2O5S/c1-30-21-13-12-18(14-19(21)24)32(28,29)26(15-17-8-4-3-5-9-17)16-23(27)25-20-10-6-7-11-22(20)31-2/h3-14H,15-16H2,1-2H3,(H,25,27). The van der Waals surface area contributed by atoms with Crippen LogP contribution < -0.4 is 14.8 Å². The first-order chi connectivity index (χ1) is 15.3. The van der Waals surface area contributed by atoms with E-state index in [2.05, 4.69) is 5.32 Å². The van der Waals surface area contributed by atoms with Crippen LogP contribution in [0.1, 0.15) is 5.56 Å². The lowest BCUT2D eigenvalue weighted by atomic mass is 10.2. The van der Waals surface area contributed by atoms with Gasteiger partial charge in [0, 0.05) is 6.54 Å². The van der Waals surface area contributed by atoms with E-state index >= 15 is 0 Å². The van der Waals surface area contributed by atoms with Crippen molar-refractivity contribution < 1.29 is 22.7 Å². The molecule has 0 aliphatic carbocycles. The number of para-hydroxylation sites is 2. The van der Waals surface area contributed by atoms with Crippen molar-refractivity contribution in [1.29, 1.82) is 0 Å². The third kappa shape index (κ3) is 5.59. The number of nitrogens with one attached hydrogen (secondary N) is 1. The molecule has 0 aliphatic heterocycles. The Labute approximate surface area is 192 Å². The maximum Gasteiger partial charge on any atom is 0.243 e. The topological polar surface area (TPSA) is 84.9 Å². The van der Waals surface area contributed by atoms with Gasteiger partial charge in [0.2, 0.25) is 15.9 Å². The summed E-state index contributed by atoms with van der Waals surface area (Å²) in [5.74, 6) is 0.322. The van der Waals surface area contributed by atoms with Crippen molar-refractivity contribution in [2.45, 2.75) is 11.4 Å². The molecule has 0 radical (unpaired) electrons. The van der Waals surface area contributed by atoms with E-state index in [-0.39, 0.29) is 16.5 Å². The number of methoxy groups -OCH3 is 2. The van der Waals surface area contributed by atoms with Crippen LogP contribution in [0, 0.1) is 0 Å². The van der Waals surface area contributed by atoms with Gasteiger partial charge in [-0.1, -0.05) is 54.1 Å². The molecule has 7 nitrogen and oxygen atoms in total. The molecule has 3 rings (SSSR count). The van der Waals surface area contributed by atoms with Gasteiger partial charge >= 0.3 is 0 Å². The van der Waals surface area contributed by atoms with Crippen LogP contribution in [0.3, 0.4) is 0 Å². The summed E-state index contributed by atoms with van der Waals surface area (Å²) in [5, 5.41) is 2.87. The van der Waals surface area contributed by atoms with E-state index in [0.717, 1.165) is 9.87 Å². The lowest BCUT2D eigenvalue weighted by Gasteiger charge is -2.22. The second-order valence-electron chi connectivity index (χ2n) is 6.80. The first-order valence-corrected chi connectivity index (χ1v) is 11.5. The molecule has 3 aromatic carbocycles. The summed E-state index contributed by atoms with van der Waals surface area (Å²) < 4.78 is 38.3. The molecule has 3 aromatic rings. The highest BCUT2D eigenvalue weighted by Crippen LogP contribution is 2.29. The Hall–Kier alpha value is -3.07. The SMILES string of the molecule is COc1ccc(S(=O)(=O)N(CC(=O)Nc2ccccc2OC)Cc2ccccc2)cc1Cl. The zero-order chi connectivity index (χ0) is 23.1. The predicted molar refractivity (Wildman–Crippen MR) is 124 cm³/mol. The van der Waals surface area contributed by atoms with E-state index in [1.54, 1.807) is 48.5 Å². The number of nitrogens with zero attached hydrogens (tertiary/aromatic N) is 1. The summed E-state index contributed by atoms with van der Waals surface area (Å²) in [6.07, 6.45) is 0. The van der Waals surface area contributed by atoms with E-state index < -0.39 is 22.5 Å². The number of rotatable bonds is 9. The highest BCUT2D eigenvalue weighted by atomic mass is 35.5. The van der Waals surface area contributed by atoms with Crippen LogP contribution in [-0.2, 0) is 21.4 Å². The molecule has 0 fully saturated rings. The first kappa shape index (κ1) is 23.6. The molecule has 0 saturated carbocycles. The Balaban J connectivity index is 1.91. The van der Waals surface area contributed by atoms with E-state index in [4.69, 9.17) is 21.1 Å². The van der Waals surface area contributed by atoms with Gasteiger partial charge in [0.05, 0.1) is 36.4 Å². The van der Waals surface area contributed by atoms with Gasteiger partial charge in [-0.3, -0.25) is 4.79 Å². The smallest absolute Gasteiger partial charge is 0.243 e. The van der Waals surface area contributed by atoms with Gasteiger partial charge in [-0.15, -0.1) is 0 Å². The molecule has 0 unspecified atom stereocenters. The Morgan fingerprint density at radius 2 is 1.59 bits per heavy atom. The molecule has 0 saturated heterocycles. The molecule has 1 N–H and O–H groups in total. The molecule has 0 bridgehead atoms. The van der Waals surface area contributed by atoms with E-state index in [9.17, 15) is 13.2 Å². The van der Waals surface area contributed by atoms with Crippen LogP contribution in [0.4, 0.5) is 5.69 Å².